The number of nitrogens with zero attached hydrogens (tertiary/aromatic N) is 2. The molecule has 2 rings (SSSR count). The monoisotopic (exact) mass is 276 g/mol. The SMILES string of the molecule is Cc1cc(C(=O)N(C)C2CCCC(C)C2)cc(NN)n1. The molecule has 1 saturated carbocycles. The molecule has 5 nitrogen and oxygen atoms in total. The fourth-order valence-electron chi connectivity index (χ4n) is 2.99. The van der Waals surface area contributed by atoms with Gasteiger partial charge in [0.2, 0.25) is 0 Å². The summed E-state index contributed by atoms with van der Waals surface area (Å²) >= 11 is 0. The van der Waals surface area contributed by atoms with E-state index in [0.29, 0.717) is 23.3 Å². The minimum Gasteiger partial charge on any atom is -0.339 e. The Morgan fingerprint density at radius 2 is 2.20 bits per heavy atom. The summed E-state index contributed by atoms with van der Waals surface area (Å²) in [5, 5.41) is 0. The van der Waals surface area contributed by atoms with Gasteiger partial charge in [0.15, 0.2) is 0 Å². The van der Waals surface area contributed by atoms with Crippen molar-refractivity contribution in [2.24, 2.45) is 11.8 Å². The molecule has 3 N–H and O–H groups in total. The summed E-state index contributed by atoms with van der Waals surface area (Å²) in [4.78, 5) is 18.7. The van der Waals surface area contributed by atoms with Gasteiger partial charge in [-0.15, -0.1) is 0 Å². The summed E-state index contributed by atoms with van der Waals surface area (Å²) in [7, 11) is 1.90. The molecule has 0 saturated heterocycles. The molecule has 1 aromatic heterocycles. The lowest BCUT2D eigenvalue weighted by Gasteiger charge is -2.34. The highest BCUT2D eigenvalue weighted by Crippen LogP contribution is 2.27. The molecular formula is C15H24N4O. The topological polar surface area (TPSA) is 71.2 Å². The van der Waals surface area contributed by atoms with Gasteiger partial charge in [-0.1, -0.05) is 19.8 Å². The quantitative estimate of drug-likeness (QED) is 0.656. The number of hydrazine groups is 1. The summed E-state index contributed by atoms with van der Waals surface area (Å²) in [5.41, 5.74) is 3.94. The predicted octanol–water partition coefficient (Wildman–Crippen LogP) is 2.33. The van der Waals surface area contributed by atoms with E-state index in [1.807, 2.05) is 24.9 Å². The maximum atomic E-state index is 12.6. The Kier molecular flexibility index (Phi) is 4.60. The smallest absolute Gasteiger partial charge is 0.254 e. The number of carbonyl (C=O) groups is 1. The molecule has 1 amide bonds. The molecule has 1 aliphatic rings. The Labute approximate surface area is 120 Å². The Morgan fingerprint density at radius 3 is 2.85 bits per heavy atom. The van der Waals surface area contributed by atoms with Gasteiger partial charge in [-0.2, -0.15) is 0 Å². The van der Waals surface area contributed by atoms with Crippen molar-refractivity contribution in [1.82, 2.24) is 9.88 Å². The summed E-state index contributed by atoms with van der Waals surface area (Å²) in [6.45, 7) is 4.12. The first-order chi connectivity index (χ1) is 9.51. The molecule has 5 heteroatoms. The van der Waals surface area contributed by atoms with Crippen LogP contribution in [0.25, 0.3) is 0 Å². The van der Waals surface area contributed by atoms with Crippen molar-refractivity contribution in [2.75, 3.05) is 12.5 Å². The van der Waals surface area contributed by atoms with Gasteiger partial charge in [-0.3, -0.25) is 4.79 Å². The van der Waals surface area contributed by atoms with Gasteiger partial charge in [0, 0.05) is 24.3 Å². The fourth-order valence-corrected chi connectivity index (χ4v) is 2.99. The summed E-state index contributed by atoms with van der Waals surface area (Å²) < 4.78 is 0. The van der Waals surface area contributed by atoms with E-state index >= 15 is 0 Å². The van der Waals surface area contributed by atoms with Crippen molar-refractivity contribution < 1.29 is 4.79 Å². The van der Waals surface area contributed by atoms with E-state index in [1.165, 1.54) is 12.8 Å². The van der Waals surface area contributed by atoms with Crippen molar-refractivity contribution in [3.05, 3.63) is 23.4 Å². The van der Waals surface area contributed by atoms with E-state index in [-0.39, 0.29) is 5.91 Å². The zero-order valence-corrected chi connectivity index (χ0v) is 12.5. The molecule has 1 heterocycles. The first kappa shape index (κ1) is 14.8. The average Bonchev–Trinajstić information content (AvgIpc) is 2.45. The first-order valence-electron chi connectivity index (χ1n) is 7.23. The van der Waals surface area contributed by atoms with E-state index in [4.69, 9.17) is 5.84 Å². The number of carbonyl (C=O) groups excluding carboxylic acids is 1. The molecule has 0 aliphatic heterocycles. The van der Waals surface area contributed by atoms with Crippen molar-refractivity contribution in [1.29, 1.82) is 0 Å². The molecule has 1 aliphatic carbocycles. The highest BCUT2D eigenvalue weighted by atomic mass is 16.2. The van der Waals surface area contributed by atoms with Crippen LogP contribution in [0, 0.1) is 12.8 Å². The van der Waals surface area contributed by atoms with Crippen molar-refractivity contribution in [2.45, 2.75) is 45.6 Å². The fraction of sp³-hybridized carbons (Fsp3) is 0.600. The van der Waals surface area contributed by atoms with Crippen LogP contribution in [0.3, 0.4) is 0 Å². The Bertz CT molecular complexity index is 489. The largest absolute Gasteiger partial charge is 0.339 e. The highest BCUT2D eigenvalue weighted by Gasteiger charge is 2.26. The molecule has 110 valence electrons. The second kappa shape index (κ2) is 6.22. The number of nitrogens with one attached hydrogen (secondary N) is 1. The predicted molar refractivity (Wildman–Crippen MR) is 80.3 cm³/mol. The van der Waals surface area contributed by atoms with Crippen LogP contribution < -0.4 is 11.3 Å². The average molecular weight is 276 g/mol. The third kappa shape index (κ3) is 3.28. The summed E-state index contributed by atoms with van der Waals surface area (Å²) in [6.07, 6.45) is 4.66. The number of rotatable bonds is 3. The van der Waals surface area contributed by atoms with Gasteiger partial charge in [0.05, 0.1) is 0 Å². The minimum absolute atomic E-state index is 0.0473. The van der Waals surface area contributed by atoms with Crippen molar-refractivity contribution in [3.63, 3.8) is 0 Å². The number of aryl methyl sites for hydroxylation is 1. The molecule has 0 bridgehead atoms. The number of nitrogen functional groups attached to an aromatic ring is 1. The van der Waals surface area contributed by atoms with Gasteiger partial charge in [-0.05, 0) is 37.8 Å². The number of amides is 1. The lowest BCUT2D eigenvalue weighted by atomic mass is 9.86. The number of aromatic nitrogens is 1. The molecule has 2 unspecified atom stereocenters. The van der Waals surface area contributed by atoms with Gasteiger partial charge >= 0.3 is 0 Å². The van der Waals surface area contributed by atoms with Gasteiger partial charge in [-0.25, -0.2) is 10.8 Å². The second-order valence-corrected chi connectivity index (χ2v) is 5.87. The summed E-state index contributed by atoms with van der Waals surface area (Å²) in [6, 6.07) is 3.86. The summed E-state index contributed by atoms with van der Waals surface area (Å²) in [5.74, 6) is 6.66. The van der Waals surface area contributed by atoms with Crippen LogP contribution in [0.1, 0.15) is 48.7 Å². The molecule has 0 radical (unpaired) electrons. The van der Waals surface area contributed by atoms with E-state index in [2.05, 4.69) is 17.3 Å². The van der Waals surface area contributed by atoms with Crippen LogP contribution in [0.15, 0.2) is 12.1 Å². The van der Waals surface area contributed by atoms with Crippen LogP contribution in [0.4, 0.5) is 5.82 Å². The van der Waals surface area contributed by atoms with Crippen molar-refractivity contribution in [3.8, 4) is 0 Å². The first-order valence-corrected chi connectivity index (χ1v) is 7.23. The molecule has 2 atom stereocenters. The maximum Gasteiger partial charge on any atom is 0.254 e. The molecule has 0 spiro atoms. The number of hydrogen-bond acceptors (Lipinski definition) is 4. The second-order valence-electron chi connectivity index (χ2n) is 5.87. The van der Waals surface area contributed by atoms with Crippen LogP contribution in [-0.2, 0) is 0 Å². The number of pyridine rings is 1. The Hall–Kier alpha value is -1.62. The lowest BCUT2D eigenvalue weighted by molar-refractivity contribution is 0.0672. The van der Waals surface area contributed by atoms with Crippen LogP contribution in [0.5, 0.6) is 0 Å². The molecular weight excluding hydrogens is 252 g/mol. The lowest BCUT2D eigenvalue weighted by Crippen LogP contribution is -2.39. The zero-order chi connectivity index (χ0) is 14.7. The van der Waals surface area contributed by atoms with Crippen LogP contribution in [0.2, 0.25) is 0 Å². The van der Waals surface area contributed by atoms with E-state index in [1.54, 1.807) is 6.07 Å². The van der Waals surface area contributed by atoms with Crippen LogP contribution >= 0.6 is 0 Å². The Morgan fingerprint density at radius 1 is 1.45 bits per heavy atom. The normalized spacial score (nSPS) is 22.4. The highest BCUT2D eigenvalue weighted by molar-refractivity contribution is 5.95. The third-order valence-electron chi connectivity index (χ3n) is 4.13. The zero-order valence-electron chi connectivity index (χ0n) is 12.5. The van der Waals surface area contributed by atoms with E-state index in [9.17, 15) is 4.79 Å². The number of anilines is 1. The molecule has 0 aromatic carbocycles. The minimum atomic E-state index is 0.0473. The molecule has 20 heavy (non-hydrogen) atoms. The van der Waals surface area contributed by atoms with Crippen LogP contribution in [-0.4, -0.2) is 28.9 Å². The van der Waals surface area contributed by atoms with E-state index < -0.39 is 0 Å². The van der Waals surface area contributed by atoms with E-state index in [0.717, 1.165) is 18.5 Å². The molecule has 1 aromatic rings. The van der Waals surface area contributed by atoms with Gasteiger partial charge in [0.25, 0.3) is 5.91 Å². The van der Waals surface area contributed by atoms with Gasteiger partial charge in [0.1, 0.15) is 5.82 Å². The van der Waals surface area contributed by atoms with Crippen molar-refractivity contribution >= 4 is 11.7 Å². The number of hydrogen-bond donors (Lipinski definition) is 2. The Balaban J connectivity index is 2.15. The standard InChI is InChI=1S/C15H24N4O/c1-10-5-4-6-13(7-10)19(3)15(20)12-8-11(2)17-14(9-12)18-16/h8-10,13H,4-7,16H2,1-3H3,(H,17,18). The third-order valence-corrected chi connectivity index (χ3v) is 4.13. The van der Waals surface area contributed by atoms with Gasteiger partial charge < -0.3 is 10.3 Å². The maximum absolute atomic E-state index is 12.6. The number of nitrogens with two attached hydrogens (primary N) is 1. The molecule has 1 fully saturated rings.